The summed E-state index contributed by atoms with van der Waals surface area (Å²) in [5.74, 6) is 0. The Bertz CT molecular complexity index is 700. The number of aliphatic imine (C=N–C) groups is 2. The van der Waals surface area contributed by atoms with Crippen LogP contribution >= 0.6 is 20.2 Å². The van der Waals surface area contributed by atoms with Crippen molar-refractivity contribution in [1.82, 2.24) is 15.6 Å². The van der Waals surface area contributed by atoms with Crippen molar-refractivity contribution in [2.24, 2.45) is 9.98 Å². The van der Waals surface area contributed by atoms with Gasteiger partial charge in [0.1, 0.15) is 0 Å². The number of halogens is 2. The first-order chi connectivity index (χ1) is 15.1. The molecule has 2 unspecified atom stereocenters. The fourth-order valence-electron chi connectivity index (χ4n) is 4.99. The summed E-state index contributed by atoms with van der Waals surface area (Å²) >= 11 is 0.00694. The van der Waals surface area contributed by atoms with Gasteiger partial charge in [-0.15, -0.1) is 0 Å². The number of rotatable bonds is 0. The van der Waals surface area contributed by atoms with E-state index in [9.17, 15) is 0 Å². The molecule has 4 rings (SSSR count). The van der Waals surface area contributed by atoms with E-state index < -0.39 is 0 Å². The van der Waals surface area contributed by atoms with Crippen molar-refractivity contribution < 1.29 is 13.1 Å². The van der Waals surface area contributed by atoms with Gasteiger partial charge in [-0.05, 0) is 51.7 Å². The van der Waals surface area contributed by atoms with Crippen LogP contribution in [0.5, 0.6) is 0 Å². The first kappa shape index (κ1) is 25.1. The van der Waals surface area contributed by atoms with Gasteiger partial charge in [-0.2, -0.15) is 0 Å². The van der Waals surface area contributed by atoms with E-state index in [0.717, 1.165) is 35.9 Å². The van der Waals surface area contributed by atoms with E-state index in [1.165, 1.54) is 51.4 Å². The molecule has 2 N–H and O–H groups in total. The Morgan fingerprint density at radius 1 is 0.774 bits per heavy atom. The van der Waals surface area contributed by atoms with Gasteiger partial charge in [-0.25, -0.2) is 4.98 Å². The summed E-state index contributed by atoms with van der Waals surface area (Å²) in [6, 6.07) is 7.97. The van der Waals surface area contributed by atoms with E-state index in [0.29, 0.717) is 24.2 Å². The number of aromatic nitrogens is 1. The van der Waals surface area contributed by atoms with Crippen LogP contribution in [0.3, 0.4) is 0 Å². The number of pyridine rings is 1. The summed E-state index contributed by atoms with van der Waals surface area (Å²) < 4.78 is 0. The van der Waals surface area contributed by atoms with E-state index in [1.807, 2.05) is 0 Å². The Hall–Kier alpha value is -0.491. The molecule has 0 saturated heterocycles. The number of hydrogen-bond donors (Lipinski definition) is 2. The third kappa shape index (κ3) is 7.52. The second-order valence-corrected chi connectivity index (χ2v) is 10.7. The second kappa shape index (κ2) is 13.3. The molecule has 5 nitrogen and oxygen atoms in total. The van der Waals surface area contributed by atoms with Gasteiger partial charge in [0, 0.05) is 25.2 Å². The van der Waals surface area contributed by atoms with E-state index in [4.69, 9.17) is 35.2 Å². The SMILES string of the molecule is CC1=N[C@@H]2CCCCC2NCCNC2CCCC[C@H]2N=C(C)c2cccc1n2.[Cl][Mn][Cl]. The molecule has 2 fully saturated rings. The minimum atomic E-state index is 0.00694. The van der Waals surface area contributed by atoms with Gasteiger partial charge in [-0.1, -0.05) is 31.7 Å². The molecule has 0 radical (unpaired) electrons. The topological polar surface area (TPSA) is 61.7 Å². The molecule has 2 bridgehead atoms. The number of fused-ring (bicyclic) bond motifs is 4. The summed E-state index contributed by atoms with van der Waals surface area (Å²) in [6.07, 6.45) is 9.97. The molecule has 4 atom stereocenters. The predicted octanol–water partition coefficient (Wildman–Crippen LogP) is 4.89. The molecule has 2 aliphatic carbocycles. The number of nitrogens with zero attached hydrogens (tertiary/aromatic N) is 3. The van der Waals surface area contributed by atoms with Crippen molar-refractivity contribution >= 4 is 31.6 Å². The molecule has 2 heterocycles. The van der Waals surface area contributed by atoms with Crippen LogP contribution in [0.15, 0.2) is 28.2 Å². The Balaban J connectivity index is 0.000000858. The molecule has 0 amide bonds. The van der Waals surface area contributed by atoms with E-state index in [2.05, 4.69) is 42.7 Å². The first-order valence-electron chi connectivity index (χ1n) is 11.5. The third-order valence-electron chi connectivity index (χ3n) is 6.61. The average molecular weight is 507 g/mol. The first-order valence-corrected chi connectivity index (χ1v) is 14.8. The van der Waals surface area contributed by atoms with E-state index in [-0.39, 0.29) is 13.1 Å². The Labute approximate surface area is 201 Å². The Kier molecular flexibility index (Phi) is 10.8. The van der Waals surface area contributed by atoms with Crippen LogP contribution in [0.2, 0.25) is 0 Å². The molecule has 1 aromatic heterocycles. The molecule has 0 aromatic carbocycles. The second-order valence-electron chi connectivity index (χ2n) is 8.72. The zero-order chi connectivity index (χ0) is 22.1. The molecule has 31 heavy (non-hydrogen) atoms. The van der Waals surface area contributed by atoms with Gasteiger partial charge in [0.05, 0.1) is 34.9 Å². The van der Waals surface area contributed by atoms with Crippen LogP contribution < -0.4 is 10.6 Å². The summed E-state index contributed by atoms with van der Waals surface area (Å²) in [7, 11) is 9.59. The summed E-state index contributed by atoms with van der Waals surface area (Å²) in [6.45, 7) is 6.24. The minimum absolute atomic E-state index is 0.00694. The van der Waals surface area contributed by atoms with Gasteiger partial charge in [0.2, 0.25) is 0 Å². The number of hydrogen-bond acceptors (Lipinski definition) is 5. The Morgan fingerprint density at radius 3 is 1.65 bits per heavy atom. The van der Waals surface area contributed by atoms with Gasteiger partial charge in [0.15, 0.2) is 0 Å². The molecule has 0 spiro atoms. The van der Waals surface area contributed by atoms with Crippen molar-refractivity contribution in [3.8, 4) is 0 Å². The zero-order valence-corrected chi connectivity index (χ0v) is 21.3. The normalized spacial score (nSPS) is 29.5. The standard InChI is InChI=1S/C23H35N5.2ClH.Mn/c1-16-18-12-7-13-19(28-18)17(2)27-23-11-6-4-9-21(23)25-15-14-24-20-8-3-5-10-22(20)26-16;;;/h7,12-13,20-25H,3-6,8-11,14-15H2,1-2H3;2*1H;/q;;;+2/p-2/t20?,21?,22-,23-;;;/m1.../s1. The van der Waals surface area contributed by atoms with E-state index >= 15 is 0 Å². The molecule has 173 valence electrons. The average Bonchev–Trinajstić information content (AvgIpc) is 2.79. The van der Waals surface area contributed by atoms with Crippen LogP contribution in [-0.4, -0.2) is 53.7 Å². The summed E-state index contributed by atoms with van der Waals surface area (Å²) in [4.78, 5) is 15.1. The Morgan fingerprint density at radius 2 is 1.19 bits per heavy atom. The van der Waals surface area contributed by atoms with Crippen molar-refractivity contribution in [1.29, 1.82) is 0 Å². The van der Waals surface area contributed by atoms with Crippen molar-refractivity contribution in [2.75, 3.05) is 13.1 Å². The molecular formula is C23H35Cl2MnN5. The van der Waals surface area contributed by atoms with E-state index in [1.54, 1.807) is 0 Å². The monoisotopic (exact) mass is 506 g/mol. The van der Waals surface area contributed by atoms with Crippen molar-refractivity contribution in [3.63, 3.8) is 0 Å². The molecule has 3 aliphatic rings. The van der Waals surface area contributed by atoms with Crippen LogP contribution in [0.4, 0.5) is 0 Å². The van der Waals surface area contributed by atoms with Crippen LogP contribution in [0.1, 0.15) is 76.6 Å². The molecule has 1 aliphatic heterocycles. The van der Waals surface area contributed by atoms with Crippen LogP contribution in [-0.2, 0) is 13.1 Å². The van der Waals surface area contributed by atoms with Gasteiger partial charge in [-0.3, -0.25) is 9.98 Å². The predicted molar refractivity (Wildman–Crippen MR) is 128 cm³/mol. The van der Waals surface area contributed by atoms with Gasteiger partial charge >= 0.3 is 33.3 Å². The fourth-order valence-corrected chi connectivity index (χ4v) is 4.99. The van der Waals surface area contributed by atoms with Crippen LogP contribution in [0.25, 0.3) is 0 Å². The maximum absolute atomic E-state index is 5.11. The quantitative estimate of drug-likeness (QED) is 0.492. The van der Waals surface area contributed by atoms with Crippen molar-refractivity contribution in [2.45, 2.75) is 89.4 Å². The summed E-state index contributed by atoms with van der Waals surface area (Å²) in [5.41, 5.74) is 4.09. The molecule has 8 heteroatoms. The molecule has 2 saturated carbocycles. The zero-order valence-electron chi connectivity index (χ0n) is 18.6. The van der Waals surface area contributed by atoms with Gasteiger partial charge < -0.3 is 10.6 Å². The summed E-state index contributed by atoms with van der Waals surface area (Å²) in [5, 5.41) is 7.59. The number of nitrogens with one attached hydrogen (secondary N) is 2. The molecular weight excluding hydrogens is 472 g/mol. The van der Waals surface area contributed by atoms with Crippen LogP contribution in [0, 0.1) is 0 Å². The maximum atomic E-state index is 5.11. The van der Waals surface area contributed by atoms with Crippen molar-refractivity contribution in [3.05, 3.63) is 29.6 Å². The third-order valence-corrected chi connectivity index (χ3v) is 6.61. The van der Waals surface area contributed by atoms with Gasteiger partial charge in [0.25, 0.3) is 0 Å². The molecule has 1 aromatic rings. The fraction of sp³-hybridized carbons (Fsp3) is 0.696.